The molecule has 0 aromatic rings. The van der Waals surface area contributed by atoms with E-state index >= 15 is 0 Å². The molecule has 0 unspecified atom stereocenters. The Balaban J connectivity index is 4.11. The van der Waals surface area contributed by atoms with Crippen LogP contribution in [0.1, 0.15) is 59.8 Å². The summed E-state index contributed by atoms with van der Waals surface area (Å²) in [6.45, 7) is 5.73. The van der Waals surface area contributed by atoms with Crippen molar-refractivity contribution in [2.24, 2.45) is 0 Å². The Morgan fingerprint density at radius 3 is 1.21 bits per heavy atom. The summed E-state index contributed by atoms with van der Waals surface area (Å²) >= 11 is 0. The number of hydrogen-bond acceptors (Lipinski definition) is 8. The molecule has 200 valence electrons. The van der Waals surface area contributed by atoms with Gasteiger partial charge in [-0.15, -0.1) is 0 Å². The summed E-state index contributed by atoms with van der Waals surface area (Å²) in [6.07, 6.45) is 1.17. The Morgan fingerprint density at radius 1 is 0.545 bits per heavy atom. The first kappa shape index (κ1) is 32.3. The van der Waals surface area contributed by atoms with Crippen molar-refractivity contribution in [1.29, 1.82) is 0 Å². The molecule has 0 aliphatic rings. The third-order valence-corrected chi connectivity index (χ3v) is 6.25. The molecule has 0 spiro atoms. The lowest BCUT2D eigenvalue weighted by molar-refractivity contribution is -0.0601. The molecule has 0 aromatic heterocycles. The number of alkyl halides is 6. The molecule has 0 rings (SSSR count). The lowest BCUT2D eigenvalue weighted by Crippen LogP contribution is -2.29. The van der Waals surface area contributed by atoms with Crippen LogP contribution in [0.25, 0.3) is 0 Å². The summed E-state index contributed by atoms with van der Waals surface area (Å²) in [5.41, 5.74) is -12.4. The maximum Gasteiger partial charge on any atom is 0.523 e. The van der Waals surface area contributed by atoms with Crippen LogP contribution in [0.5, 0.6) is 0 Å². The van der Waals surface area contributed by atoms with Gasteiger partial charge >= 0.3 is 31.3 Å². The van der Waals surface area contributed by atoms with Crippen molar-refractivity contribution in [1.82, 2.24) is 0 Å². The van der Waals surface area contributed by atoms with Crippen molar-refractivity contribution in [3.8, 4) is 0 Å². The highest BCUT2D eigenvalue weighted by atomic mass is 32.2. The van der Waals surface area contributed by atoms with Crippen LogP contribution in [0.15, 0.2) is 0 Å². The smallest absolute Gasteiger partial charge is 0.376 e. The van der Waals surface area contributed by atoms with E-state index in [-0.39, 0.29) is 32.5 Å². The summed E-state index contributed by atoms with van der Waals surface area (Å²) in [7, 11) is -11.2. The molecule has 0 saturated carbocycles. The van der Waals surface area contributed by atoms with Crippen LogP contribution < -0.4 is 0 Å². The fraction of sp³-hybridized carbons (Fsp3) is 1.00. The van der Waals surface area contributed by atoms with Gasteiger partial charge in [0.05, 0.1) is 24.4 Å². The van der Waals surface area contributed by atoms with Crippen molar-refractivity contribution in [3.05, 3.63) is 0 Å². The van der Waals surface area contributed by atoms with Crippen molar-refractivity contribution >= 4 is 20.2 Å². The molecule has 33 heavy (non-hydrogen) atoms. The van der Waals surface area contributed by atoms with Crippen molar-refractivity contribution in [3.63, 3.8) is 0 Å². The minimum atomic E-state index is -5.63. The van der Waals surface area contributed by atoms with Crippen molar-refractivity contribution in [2.45, 2.75) is 82.0 Å². The lowest BCUT2D eigenvalue weighted by atomic mass is 10.0. The summed E-state index contributed by atoms with van der Waals surface area (Å²) < 4.78 is 135. The average molecular weight is 541 g/mol. The van der Waals surface area contributed by atoms with Crippen molar-refractivity contribution in [2.75, 3.05) is 26.4 Å². The van der Waals surface area contributed by atoms with Crippen LogP contribution in [0.4, 0.5) is 26.3 Å². The van der Waals surface area contributed by atoms with Gasteiger partial charge in [-0.05, 0) is 59.8 Å². The molecule has 8 nitrogen and oxygen atoms in total. The Bertz CT molecular complexity index is 789. The van der Waals surface area contributed by atoms with Crippen LogP contribution in [0, 0.1) is 0 Å². The molecule has 0 amide bonds. The van der Waals surface area contributed by atoms with Gasteiger partial charge in [-0.25, -0.2) is 0 Å². The molecule has 0 N–H and O–H groups in total. The van der Waals surface area contributed by atoms with Crippen LogP contribution in [-0.2, 0) is 38.1 Å². The quantitative estimate of drug-likeness (QED) is 0.124. The number of ether oxygens (including phenoxy) is 2. The second kappa shape index (κ2) is 12.3. The molecule has 0 fully saturated rings. The van der Waals surface area contributed by atoms with Gasteiger partial charge in [0, 0.05) is 13.2 Å². The second-order valence-electron chi connectivity index (χ2n) is 8.22. The molecule has 0 bridgehead atoms. The molecule has 0 aliphatic carbocycles. The van der Waals surface area contributed by atoms with Crippen molar-refractivity contribution < 1.29 is 61.0 Å². The molecule has 0 aliphatic heterocycles. The van der Waals surface area contributed by atoms with Gasteiger partial charge in [-0.3, -0.25) is 8.37 Å². The van der Waals surface area contributed by atoms with E-state index in [1.54, 1.807) is 27.7 Å². The van der Waals surface area contributed by atoms with Crippen LogP contribution in [-0.4, -0.2) is 65.5 Å². The number of hydrogen-bond donors (Lipinski definition) is 0. The normalized spacial score (nSPS) is 14.6. The third-order valence-electron chi connectivity index (χ3n) is 4.16. The fourth-order valence-corrected chi connectivity index (χ4v) is 3.31. The minimum absolute atomic E-state index is 0.0169. The number of halogens is 6. The molecule has 0 radical (unpaired) electrons. The maximum absolute atomic E-state index is 12.2. The zero-order valence-corrected chi connectivity index (χ0v) is 20.3. The van der Waals surface area contributed by atoms with E-state index < -0.39 is 55.7 Å². The molecule has 0 heterocycles. The summed E-state index contributed by atoms with van der Waals surface area (Å²) in [4.78, 5) is 0. The van der Waals surface area contributed by atoms with E-state index in [2.05, 4.69) is 8.37 Å². The van der Waals surface area contributed by atoms with Gasteiger partial charge in [0.15, 0.2) is 0 Å². The second-order valence-corrected chi connectivity index (χ2v) is 11.4. The highest BCUT2D eigenvalue weighted by molar-refractivity contribution is 7.87. The van der Waals surface area contributed by atoms with Gasteiger partial charge in [-0.1, -0.05) is 0 Å². The first-order valence-corrected chi connectivity index (χ1v) is 12.6. The topological polar surface area (TPSA) is 105 Å². The first-order chi connectivity index (χ1) is 14.6. The summed E-state index contributed by atoms with van der Waals surface area (Å²) in [6, 6.07) is 0. The molecule has 0 atom stereocenters. The van der Waals surface area contributed by atoms with Gasteiger partial charge < -0.3 is 9.47 Å². The van der Waals surface area contributed by atoms with Crippen LogP contribution in [0.2, 0.25) is 0 Å². The van der Waals surface area contributed by atoms with Gasteiger partial charge in [-0.2, -0.15) is 43.2 Å². The fourth-order valence-electron chi connectivity index (χ4n) is 2.37. The summed E-state index contributed by atoms with van der Waals surface area (Å²) in [5, 5.41) is 0. The highest BCUT2D eigenvalue weighted by Gasteiger charge is 2.47. The zero-order chi connectivity index (χ0) is 26.2. The monoisotopic (exact) mass is 540 g/mol. The largest absolute Gasteiger partial charge is 0.523 e. The third kappa shape index (κ3) is 13.1. The van der Waals surface area contributed by atoms with E-state index in [0.29, 0.717) is 12.8 Å². The molecular formula is C17H30F6O8S2. The Morgan fingerprint density at radius 2 is 0.848 bits per heavy atom. The lowest BCUT2D eigenvalue weighted by Gasteiger charge is -2.28. The van der Waals surface area contributed by atoms with Crippen LogP contribution in [0.3, 0.4) is 0 Å². The van der Waals surface area contributed by atoms with Gasteiger partial charge in [0.25, 0.3) is 0 Å². The Kier molecular flexibility index (Phi) is 12.1. The molecular weight excluding hydrogens is 510 g/mol. The Hall–Kier alpha value is -0.680. The average Bonchev–Trinajstić information content (AvgIpc) is 2.60. The van der Waals surface area contributed by atoms with E-state index in [0.717, 1.165) is 0 Å². The van der Waals surface area contributed by atoms with Gasteiger partial charge in [0.2, 0.25) is 0 Å². The van der Waals surface area contributed by atoms with Gasteiger partial charge in [0.1, 0.15) is 0 Å². The van der Waals surface area contributed by atoms with Crippen LogP contribution >= 0.6 is 0 Å². The van der Waals surface area contributed by atoms with E-state index in [4.69, 9.17) is 9.47 Å². The standard InChI is InChI=1S/C17H30F6O8S2/c1-14(2,29-11-7-13-31-33(26,27)17(21,22)23)8-5-10-28-15(3,4)9-6-12-30-32(24,25)16(18,19)20/h5-13H2,1-4H3. The molecule has 0 aromatic carbocycles. The Labute approximate surface area is 190 Å². The summed E-state index contributed by atoms with van der Waals surface area (Å²) in [5.74, 6) is 0. The highest BCUT2D eigenvalue weighted by Crippen LogP contribution is 2.26. The minimum Gasteiger partial charge on any atom is -0.376 e. The van der Waals surface area contributed by atoms with E-state index in [1.165, 1.54) is 0 Å². The zero-order valence-electron chi connectivity index (χ0n) is 18.7. The predicted octanol–water partition coefficient (Wildman–Crippen LogP) is 4.26. The first-order valence-electron chi connectivity index (χ1n) is 9.81. The predicted molar refractivity (Wildman–Crippen MR) is 105 cm³/mol. The SMILES string of the molecule is CC(C)(CCCOC(C)(C)CCCOS(=O)(=O)C(F)(F)F)OCCCOS(=O)(=O)C(F)(F)F. The number of rotatable bonds is 16. The molecule has 0 saturated heterocycles. The van der Waals surface area contributed by atoms with E-state index in [9.17, 15) is 43.2 Å². The maximum atomic E-state index is 12.2. The molecule has 16 heteroatoms. The van der Waals surface area contributed by atoms with E-state index in [1.807, 2.05) is 0 Å².